The van der Waals surface area contributed by atoms with Crippen LogP contribution in [0.1, 0.15) is 105 Å². The summed E-state index contributed by atoms with van der Waals surface area (Å²) in [7, 11) is -2.89. The first-order chi connectivity index (χ1) is 39.2. The molecule has 2 aromatic heterocycles. The summed E-state index contributed by atoms with van der Waals surface area (Å²) in [6, 6.07) is 79.6. The molecule has 0 N–H and O–H groups in total. The van der Waals surface area contributed by atoms with Crippen LogP contribution in [-0.2, 0) is 21.7 Å². The number of hydrogen-bond donors (Lipinski definition) is 0. The van der Waals surface area contributed by atoms with Gasteiger partial charge in [-0.2, -0.15) is 0 Å². The molecule has 13 rings (SSSR count). The maximum absolute atomic E-state index is 7.36. The van der Waals surface area contributed by atoms with Gasteiger partial charge < -0.3 is 14.5 Å². The molecule has 0 bridgehead atoms. The highest BCUT2D eigenvalue weighted by Gasteiger charge is 2.49. The fraction of sp³-hybridized carbons (Fsp3) is 0.224. The van der Waals surface area contributed by atoms with Gasteiger partial charge in [-0.1, -0.05) is 235 Å². The van der Waals surface area contributed by atoms with Crippen LogP contribution in [0.3, 0.4) is 0 Å². The first-order valence-electron chi connectivity index (χ1n) is 29.2. The molecule has 0 saturated heterocycles. The SMILES string of the molecule is CC(C)(C)c1cccc(-c2cccc(-c3cc(C(C)(C)C)cc(C(C)(C)C)c3)c2N2CN(c3cccc(Oc4cc5c6c7c(cccc7n(-c7cc(C(C)(C)C)ccn7)c6c4)[Si]5(c4ccccc4)c4ccccc4)c3)c3ccccc32)c1. The smallest absolute Gasteiger partial charge is 0.181 e. The number of rotatable bonds is 9. The van der Waals surface area contributed by atoms with E-state index < -0.39 is 8.07 Å². The number of pyridine rings is 1. The van der Waals surface area contributed by atoms with Crippen LogP contribution in [0.5, 0.6) is 11.5 Å². The molecular weight excluding hydrogens is 1010 g/mol. The molecule has 0 radical (unpaired) electrons. The standard InChI is InChI=1S/C76H74N4OSi/c1-73(2,3)52-26-21-25-50(41-52)61-33-23-34-62(51-42-54(75(7,8)9)44-55(43-51)76(10,11)12)72(61)79-49-78(63-35-19-20-36-64(63)79)56-27-22-28-57(46-56)81-58-47-66-71-68(48-58)82(59-29-15-13-16-30-59,60-31-17-14-18-32-60)67-38-24-37-65(70(67)71)80(66)69-45-53(39-40-77-69)74(4,5)6/h13-48H,49H2,1-12H3. The minimum absolute atomic E-state index is 0.0180. The Morgan fingerprint density at radius 1 is 0.402 bits per heavy atom. The van der Waals surface area contributed by atoms with Gasteiger partial charge in [0.05, 0.1) is 28.1 Å². The summed E-state index contributed by atoms with van der Waals surface area (Å²) >= 11 is 0. The Morgan fingerprint density at radius 3 is 1.60 bits per heavy atom. The van der Waals surface area contributed by atoms with Crippen LogP contribution in [0.2, 0.25) is 0 Å². The average molecular weight is 1090 g/mol. The molecule has 408 valence electrons. The van der Waals surface area contributed by atoms with Crippen molar-refractivity contribution in [2.24, 2.45) is 0 Å². The molecule has 0 saturated carbocycles. The van der Waals surface area contributed by atoms with Crippen molar-refractivity contribution in [3.05, 3.63) is 241 Å². The summed E-state index contributed by atoms with van der Waals surface area (Å²) in [6.45, 7) is 28.3. The lowest BCUT2D eigenvalue weighted by molar-refractivity contribution is 0.484. The van der Waals surface area contributed by atoms with E-state index >= 15 is 0 Å². The van der Waals surface area contributed by atoms with Crippen molar-refractivity contribution >= 4 is 73.4 Å². The summed E-state index contributed by atoms with van der Waals surface area (Å²) in [4.78, 5) is 10.1. The maximum Gasteiger partial charge on any atom is 0.181 e. The van der Waals surface area contributed by atoms with Gasteiger partial charge in [0.15, 0.2) is 8.07 Å². The summed E-state index contributed by atoms with van der Waals surface area (Å²) < 4.78 is 9.75. The predicted octanol–water partition coefficient (Wildman–Crippen LogP) is 17.4. The van der Waals surface area contributed by atoms with E-state index in [-0.39, 0.29) is 21.7 Å². The normalized spacial score (nSPS) is 14.1. The van der Waals surface area contributed by atoms with E-state index in [0.29, 0.717) is 6.67 Å². The van der Waals surface area contributed by atoms with Gasteiger partial charge in [0.1, 0.15) is 24.0 Å². The Kier molecular flexibility index (Phi) is 12.5. The lowest BCUT2D eigenvalue weighted by Gasteiger charge is -2.32. The highest BCUT2D eigenvalue weighted by Crippen LogP contribution is 2.52. The topological polar surface area (TPSA) is 33.5 Å². The summed E-state index contributed by atoms with van der Waals surface area (Å²) in [5.41, 5.74) is 16.7. The summed E-state index contributed by atoms with van der Waals surface area (Å²) in [5.74, 6) is 2.47. The molecule has 0 aliphatic carbocycles. The van der Waals surface area contributed by atoms with Crippen molar-refractivity contribution in [3.8, 4) is 39.6 Å². The first-order valence-corrected chi connectivity index (χ1v) is 31.2. The number of aromatic nitrogens is 2. The molecule has 9 aromatic carbocycles. The molecule has 2 aliphatic rings. The Balaban J connectivity index is 0.968. The molecule has 82 heavy (non-hydrogen) atoms. The lowest BCUT2D eigenvalue weighted by atomic mass is 9.78. The Morgan fingerprint density at radius 2 is 0.951 bits per heavy atom. The van der Waals surface area contributed by atoms with Crippen LogP contribution in [0.25, 0.3) is 49.9 Å². The fourth-order valence-electron chi connectivity index (χ4n) is 13.0. The number of para-hydroxylation sites is 3. The van der Waals surface area contributed by atoms with Crippen LogP contribution in [0.4, 0.5) is 22.7 Å². The molecule has 0 fully saturated rings. The molecule has 0 amide bonds. The maximum atomic E-state index is 7.36. The second-order valence-electron chi connectivity index (χ2n) is 27.0. The van der Waals surface area contributed by atoms with Crippen molar-refractivity contribution in [1.29, 1.82) is 0 Å². The number of ether oxygens (including phenoxy) is 1. The zero-order valence-corrected chi connectivity index (χ0v) is 50.7. The third-order valence-electron chi connectivity index (χ3n) is 17.4. The van der Waals surface area contributed by atoms with Crippen molar-refractivity contribution < 1.29 is 4.74 Å². The number of fused-ring (bicyclic) bond motifs is 1. The van der Waals surface area contributed by atoms with Crippen molar-refractivity contribution in [2.45, 2.75) is 105 Å². The third kappa shape index (κ3) is 8.85. The van der Waals surface area contributed by atoms with Crippen LogP contribution in [0.15, 0.2) is 219 Å². The largest absolute Gasteiger partial charge is 0.457 e. The van der Waals surface area contributed by atoms with E-state index in [9.17, 15) is 0 Å². The van der Waals surface area contributed by atoms with Crippen molar-refractivity contribution in [1.82, 2.24) is 9.55 Å². The van der Waals surface area contributed by atoms with Gasteiger partial charge in [0, 0.05) is 45.9 Å². The number of nitrogens with zero attached hydrogens (tertiary/aromatic N) is 4. The molecule has 6 heteroatoms. The Bertz CT molecular complexity index is 4210. The lowest BCUT2D eigenvalue weighted by Crippen LogP contribution is -2.73. The van der Waals surface area contributed by atoms with E-state index in [2.05, 4.69) is 310 Å². The van der Waals surface area contributed by atoms with Crippen LogP contribution in [-0.4, -0.2) is 24.3 Å². The molecule has 0 spiro atoms. The zero-order chi connectivity index (χ0) is 57.1. The van der Waals surface area contributed by atoms with E-state index in [1.807, 2.05) is 6.20 Å². The van der Waals surface area contributed by atoms with Crippen molar-refractivity contribution in [2.75, 3.05) is 16.5 Å². The second kappa shape index (κ2) is 19.3. The fourth-order valence-corrected chi connectivity index (χ4v) is 18.2. The number of benzene rings is 9. The van der Waals surface area contributed by atoms with Crippen LogP contribution < -0.4 is 35.3 Å². The van der Waals surface area contributed by atoms with Gasteiger partial charge in [0.25, 0.3) is 0 Å². The highest BCUT2D eigenvalue weighted by atomic mass is 28.3. The highest BCUT2D eigenvalue weighted by molar-refractivity contribution is 7.23. The third-order valence-corrected chi connectivity index (χ3v) is 22.2. The van der Waals surface area contributed by atoms with Crippen LogP contribution in [0, 0.1) is 0 Å². The van der Waals surface area contributed by atoms with Gasteiger partial charge in [-0.05, 0) is 124 Å². The van der Waals surface area contributed by atoms with Crippen molar-refractivity contribution in [3.63, 3.8) is 0 Å². The van der Waals surface area contributed by atoms with Gasteiger partial charge in [-0.15, -0.1) is 0 Å². The minimum atomic E-state index is -2.89. The monoisotopic (exact) mass is 1090 g/mol. The van der Waals surface area contributed by atoms with E-state index in [1.165, 1.54) is 81.7 Å². The quantitative estimate of drug-likeness (QED) is 0.135. The second-order valence-corrected chi connectivity index (χ2v) is 30.7. The molecule has 11 aromatic rings. The van der Waals surface area contributed by atoms with Gasteiger partial charge in [-0.3, -0.25) is 4.57 Å². The first kappa shape index (κ1) is 52.9. The number of hydrogen-bond acceptors (Lipinski definition) is 4. The van der Waals surface area contributed by atoms with E-state index in [0.717, 1.165) is 45.4 Å². The van der Waals surface area contributed by atoms with Crippen LogP contribution >= 0.6 is 0 Å². The molecule has 0 atom stereocenters. The molecule has 4 heterocycles. The minimum Gasteiger partial charge on any atom is -0.457 e. The molecule has 0 unspecified atom stereocenters. The molecule has 5 nitrogen and oxygen atoms in total. The molecular formula is C76H74N4OSi. The van der Waals surface area contributed by atoms with E-state index in [1.54, 1.807) is 0 Å². The average Bonchev–Trinajstić information content (AvgIpc) is 3.09. The zero-order valence-electron chi connectivity index (χ0n) is 49.7. The van der Waals surface area contributed by atoms with Gasteiger partial charge >= 0.3 is 0 Å². The van der Waals surface area contributed by atoms with Gasteiger partial charge in [-0.25, -0.2) is 4.98 Å². The predicted molar refractivity (Wildman–Crippen MR) is 350 cm³/mol. The summed E-state index contributed by atoms with van der Waals surface area (Å²) in [6.07, 6.45) is 1.97. The van der Waals surface area contributed by atoms with Gasteiger partial charge in [0.2, 0.25) is 0 Å². The number of anilines is 4. The Labute approximate surface area is 486 Å². The Hall–Kier alpha value is -8.45. The van der Waals surface area contributed by atoms with E-state index in [4.69, 9.17) is 9.72 Å². The summed E-state index contributed by atoms with van der Waals surface area (Å²) in [5, 5.41) is 8.03. The molecule has 2 aliphatic heterocycles.